The van der Waals surface area contributed by atoms with E-state index in [1.165, 1.54) is 12.8 Å². The Morgan fingerprint density at radius 2 is 2.24 bits per heavy atom. The molecular weight excluding hydrogens is 266 g/mol. The first-order valence-electron chi connectivity index (χ1n) is 7.45. The number of aryl methyl sites for hydroxylation is 1. The third kappa shape index (κ3) is 3.24. The van der Waals surface area contributed by atoms with Crippen LogP contribution in [-0.4, -0.2) is 34.9 Å². The SMILES string of the molecule is C[C@@H](COCC1CC1)NC(=O)c1c2ccccc2nn1C. The predicted octanol–water partition coefficient (Wildman–Crippen LogP) is 2.12. The minimum absolute atomic E-state index is 0.00934. The molecule has 0 bridgehead atoms. The highest BCUT2D eigenvalue weighted by molar-refractivity contribution is 6.05. The van der Waals surface area contributed by atoms with E-state index < -0.39 is 0 Å². The molecule has 5 nitrogen and oxygen atoms in total. The molecule has 1 N–H and O–H groups in total. The van der Waals surface area contributed by atoms with E-state index in [1.807, 2.05) is 31.2 Å². The smallest absolute Gasteiger partial charge is 0.270 e. The van der Waals surface area contributed by atoms with Gasteiger partial charge < -0.3 is 10.1 Å². The molecule has 1 aliphatic carbocycles. The minimum atomic E-state index is -0.103. The molecule has 5 heteroatoms. The Morgan fingerprint density at radius 1 is 1.48 bits per heavy atom. The molecule has 21 heavy (non-hydrogen) atoms. The maximum absolute atomic E-state index is 12.4. The van der Waals surface area contributed by atoms with E-state index in [1.54, 1.807) is 11.7 Å². The second-order valence-electron chi connectivity index (χ2n) is 5.84. The summed E-state index contributed by atoms with van der Waals surface area (Å²) in [6.07, 6.45) is 2.56. The molecule has 1 atom stereocenters. The molecule has 1 saturated carbocycles. The Bertz CT molecular complexity index is 646. The normalized spacial score (nSPS) is 16.1. The summed E-state index contributed by atoms with van der Waals surface area (Å²) in [5.74, 6) is 0.641. The Hall–Kier alpha value is -1.88. The van der Waals surface area contributed by atoms with Crippen LogP contribution in [0.3, 0.4) is 0 Å². The summed E-state index contributed by atoms with van der Waals surface area (Å²) in [7, 11) is 1.79. The number of nitrogens with one attached hydrogen (secondary N) is 1. The Labute approximate surface area is 124 Å². The van der Waals surface area contributed by atoms with E-state index in [9.17, 15) is 4.79 Å². The highest BCUT2D eigenvalue weighted by Gasteiger charge is 2.22. The molecule has 1 amide bonds. The van der Waals surface area contributed by atoms with E-state index in [0.29, 0.717) is 12.3 Å². The Balaban J connectivity index is 1.64. The molecule has 1 fully saturated rings. The van der Waals surface area contributed by atoms with Crippen LogP contribution in [0.25, 0.3) is 10.9 Å². The number of amides is 1. The highest BCUT2D eigenvalue weighted by atomic mass is 16.5. The number of benzene rings is 1. The van der Waals surface area contributed by atoms with Gasteiger partial charge in [-0.1, -0.05) is 18.2 Å². The monoisotopic (exact) mass is 287 g/mol. The summed E-state index contributed by atoms with van der Waals surface area (Å²) in [6.45, 7) is 3.33. The van der Waals surface area contributed by atoms with Crippen LogP contribution in [0.1, 0.15) is 30.3 Å². The topological polar surface area (TPSA) is 56.1 Å². The number of carbonyl (C=O) groups is 1. The molecule has 2 aromatic rings. The third-order valence-electron chi connectivity index (χ3n) is 3.75. The van der Waals surface area contributed by atoms with Crippen molar-refractivity contribution in [3.8, 4) is 0 Å². The average Bonchev–Trinajstić information content (AvgIpc) is 3.19. The Kier molecular flexibility index (Phi) is 3.92. The molecule has 1 heterocycles. The first-order chi connectivity index (χ1) is 10.1. The standard InChI is InChI=1S/C16H21N3O2/c1-11(9-21-10-12-7-8-12)17-16(20)15-13-5-3-4-6-14(13)18-19(15)2/h3-6,11-12H,7-10H2,1-2H3,(H,17,20)/t11-/m0/s1. The van der Waals surface area contributed by atoms with Crippen LogP contribution in [0.4, 0.5) is 0 Å². The summed E-state index contributed by atoms with van der Waals surface area (Å²) in [5, 5.41) is 8.22. The lowest BCUT2D eigenvalue weighted by molar-refractivity contribution is 0.0828. The van der Waals surface area contributed by atoms with Crippen molar-refractivity contribution in [3.63, 3.8) is 0 Å². The summed E-state index contributed by atoms with van der Waals surface area (Å²) >= 11 is 0. The number of aromatic nitrogens is 2. The van der Waals surface area contributed by atoms with Gasteiger partial charge in [0.2, 0.25) is 0 Å². The van der Waals surface area contributed by atoms with Gasteiger partial charge in [0.1, 0.15) is 5.69 Å². The zero-order chi connectivity index (χ0) is 14.8. The van der Waals surface area contributed by atoms with E-state index in [0.717, 1.165) is 23.4 Å². The number of ether oxygens (including phenoxy) is 1. The van der Waals surface area contributed by atoms with Crippen molar-refractivity contribution in [1.29, 1.82) is 0 Å². The quantitative estimate of drug-likeness (QED) is 0.885. The maximum Gasteiger partial charge on any atom is 0.270 e. The van der Waals surface area contributed by atoms with Crippen molar-refractivity contribution in [1.82, 2.24) is 15.1 Å². The lowest BCUT2D eigenvalue weighted by atomic mass is 10.2. The molecule has 0 saturated heterocycles. The molecule has 112 valence electrons. The Morgan fingerprint density at radius 3 is 3.00 bits per heavy atom. The van der Waals surface area contributed by atoms with Gasteiger partial charge in [-0.15, -0.1) is 0 Å². The van der Waals surface area contributed by atoms with Crippen molar-refractivity contribution >= 4 is 16.8 Å². The van der Waals surface area contributed by atoms with Crippen LogP contribution in [0.2, 0.25) is 0 Å². The zero-order valence-electron chi connectivity index (χ0n) is 12.5. The van der Waals surface area contributed by atoms with Crippen molar-refractivity contribution in [3.05, 3.63) is 30.0 Å². The molecule has 0 aliphatic heterocycles. The minimum Gasteiger partial charge on any atom is -0.379 e. The van der Waals surface area contributed by atoms with Crippen molar-refractivity contribution in [2.24, 2.45) is 13.0 Å². The first kappa shape index (κ1) is 14.1. The van der Waals surface area contributed by atoms with Gasteiger partial charge in [-0.2, -0.15) is 5.10 Å². The van der Waals surface area contributed by atoms with Gasteiger partial charge in [0, 0.05) is 25.1 Å². The lowest BCUT2D eigenvalue weighted by Gasteiger charge is -2.14. The molecule has 0 spiro atoms. The molecule has 1 aromatic heterocycles. The largest absolute Gasteiger partial charge is 0.379 e. The van der Waals surface area contributed by atoms with Gasteiger partial charge in [0.25, 0.3) is 5.91 Å². The van der Waals surface area contributed by atoms with Crippen LogP contribution in [0, 0.1) is 5.92 Å². The number of nitrogens with zero attached hydrogens (tertiary/aromatic N) is 2. The molecule has 0 radical (unpaired) electrons. The van der Waals surface area contributed by atoms with Gasteiger partial charge in [0.15, 0.2) is 0 Å². The molecular formula is C16H21N3O2. The van der Waals surface area contributed by atoms with Crippen LogP contribution >= 0.6 is 0 Å². The third-order valence-corrected chi connectivity index (χ3v) is 3.75. The molecule has 0 unspecified atom stereocenters. The van der Waals surface area contributed by atoms with Crippen molar-refractivity contribution < 1.29 is 9.53 Å². The van der Waals surface area contributed by atoms with E-state index in [2.05, 4.69) is 10.4 Å². The second kappa shape index (κ2) is 5.85. The van der Waals surface area contributed by atoms with Crippen LogP contribution in [0.15, 0.2) is 24.3 Å². The number of hydrogen-bond donors (Lipinski definition) is 1. The molecule has 3 rings (SSSR count). The van der Waals surface area contributed by atoms with Crippen molar-refractivity contribution in [2.75, 3.05) is 13.2 Å². The van der Waals surface area contributed by atoms with Gasteiger partial charge in [-0.05, 0) is 31.7 Å². The van der Waals surface area contributed by atoms with Crippen molar-refractivity contribution in [2.45, 2.75) is 25.8 Å². The van der Waals surface area contributed by atoms with Gasteiger partial charge in [-0.25, -0.2) is 0 Å². The van der Waals surface area contributed by atoms with E-state index >= 15 is 0 Å². The lowest BCUT2D eigenvalue weighted by Crippen LogP contribution is -2.37. The van der Waals surface area contributed by atoms with Crippen LogP contribution < -0.4 is 5.32 Å². The maximum atomic E-state index is 12.4. The van der Waals surface area contributed by atoms with Gasteiger partial charge >= 0.3 is 0 Å². The first-order valence-corrected chi connectivity index (χ1v) is 7.45. The van der Waals surface area contributed by atoms with Gasteiger partial charge in [-0.3, -0.25) is 9.48 Å². The summed E-state index contributed by atoms with van der Waals surface area (Å²) in [5.41, 5.74) is 1.43. The fraction of sp³-hybridized carbons (Fsp3) is 0.500. The number of hydrogen-bond acceptors (Lipinski definition) is 3. The molecule has 1 aliphatic rings. The van der Waals surface area contributed by atoms with Crippen LogP contribution in [-0.2, 0) is 11.8 Å². The highest BCUT2D eigenvalue weighted by Crippen LogP contribution is 2.28. The number of fused-ring (bicyclic) bond motifs is 1. The summed E-state index contributed by atoms with van der Waals surface area (Å²) in [6, 6.07) is 7.67. The van der Waals surface area contributed by atoms with E-state index in [-0.39, 0.29) is 11.9 Å². The summed E-state index contributed by atoms with van der Waals surface area (Å²) in [4.78, 5) is 12.4. The number of carbonyl (C=O) groups excluding carboxylic acids is 1. The molecule has 1 aromatic carbocycles. The summed E-state index contributed by atoms with van der Waals surface area (Å²) < 4.78 is 7.25. The van der Waals surface area contributed by atoms with Crippen LogP contribution in [0.5, 0.6) is 0 Å². The predicted molar refractivity (Wildman–Crippen MR) is 81.2 cm³/mol. The van der Waals surface area contributed by atoms with Gasteiger partial charge in [0.05, 0.1) is 12.1 Å². The zero-order valence-corrected chi connectivity index (χ0v) is 12.5. The second-order valence-corrected chi connectivity index (χ2v) is 5.84. The fourth-order valence-corrected chi connectivity index (χ4v) is 2.45. The van der Waals surface area contributed by atoms with E-state index in [4.69, 9.17) is 4.74 Å². The number of rotatable bonds is 6. The average molecular weight is 287 g/mol. The fourth-order valence-electron chi connectivity index (χ4n) is 2.45.